The van der Waals surface area contributed by atoms with E-state index in [1.54, 1.807) is 6.07 Å². The van der Waals surface area contributed by atoms with Crippen LogP contribution in [-0.2, 0) is 13.0 Å². The molecule has 6 nitrogen and oxygen atoms in total. The van der Waals surface area contributed by atoms with E-state index in [4.69, 9.17) is 0 Å². The number of anilines is 1. The number of aromatic nitrogens is 3. The molecule has 1 unspecified atom stereocenters. The fourth-order valence-electron chi connectivity index (χ4n) is 3.85. The van der Waals surface area contributed by atoms with Gasteiger partial charge in [0, 0.05) is 44.0 Å². The van der Waals surface area contributed by atoms with Gasteiger partial charge in [-0.05, 0) is 18.4 Å². The molecule has 28 heavy (non-hydrogen) atoms. The molecule has 0 amide bonds. The zero-order chi connectivity index (χ0) is 19.5. The summed E-state index contributed by atoms with van der Waals surface area (Å²) < 4.78 is 1.45. The Morgan fingerprint density at radius 3 is 2.75 bits per heavy atom. The van der Waals surface area contributed by atoms with Crippen LogP contribution in [0.1, 0.15) is 37.9 Å². The molecule has 3 aromatic rings. The highest BCUT2D eigenvalue weighted by molar-refractivity contribution is 7.20. The maximum atomic E-state index is 12.3. The molecule has 1 aliphatic heterocycles. The van der Waals surface area contributed by atoms with Gasteiger partial charge in [-0.3, -0.25) is 9.69 Å². The van der Waals surface area contributed by atoms with Crippen molar-refractivity contribution >= 4 is 21.4 Å². The van der Waals surface area contributed by atoms with Gasteiger partial charge in [-0.2, -0.15) is 4.52 Å². The van der Waals surface area contributed by atoms with E-state index in [0.717, 1.165) is 56.3 Å². The van der Waals surface area contributed by atoms with E-state index < -0.39 is 0 Å². The number of nitrogens with zero attached hydrogens (tertiary/aromatic N) is 5. The number of piperazine rings is 1. The third-order valence-electron chi connectivity index (χ3n) is 5.38. The number of rotatable bonds is 6. The minimum Gasteiger partial charge on any atom is -0.344 e. The van der Waals surface area contributed by atoms with Crippen LogP contribution in [-0.4, -0.2) is 45.2 Å². The van der Waals surface area contributed by atoms with Gasteiger partial charge in [-0.25, -0.2) is 4.98 Å². The predicted molar refractivity (Wildman–Crippen MR) is 114 cm³/mol. The number of fused-ring (bicyclic) bond motifs is 1. The first kappa shape index (κ1) is 19.1. The average molecular weight is 398 g/mol. The van der Waals surface area contributed by atoms with Crippen molar-refractivity contribution in [2.24, 2.45) is 0 Å². The van der Waals surface area contributed by atoms with Crippen LogP contribution >= 0.6 is 11.3 Å². The van der Waals surface area contributed by atoms with Crippen LogP contribution in [0.25, 0.3) is 4.96 Å². The van der Waals surface area contributed by atoms with Gasteiger partial charge in [-0.1, -0.05) is 61.9 Å². The van der Waals surface area contributed by atoms with E-state index in [9.17, 15) is 4.79 Å². The minimum absolute atomic E-state index is 0.0860. The monoisotopic (exact) mass is 397 g/mol. The molecule has 1 aromatic carbocycles. The molecule has 7 heteroatoms. The largest absolute Gasteiger partial charge is 0.344 e. The highest BCUT2D eigenvalue weighted by Gasteiger charge is 2.28. The molecule has 1 saturated heterocycles. The van der Waals surface area contributed by atoms with Crippen LogP contribution in [0.3, 0.4) is 0 Å². The third kappa shape index (κ3) is 3.95. The molecule has 0 bridgehead atoms. The molecule has 1 aliphatic rings. The van der Waals surface area contributed by atoms with Crippen molar-refractivity contribution in [2.45, 2.75) is 45.7 Å². The van der Waals surface area contributed by atoms with Crippen molar-refractivity contribution in [3.8, 4) is 0 Å². The quantitative estimate of drug-likeness (QED) is 0.639. The van der Waals surface area contributed by atoms with E-state index in [1.165, 1.54) is 21.4 Å². The van der Waals surface area contributed by atoms with Crippen LogP contribution in [0.15, 0.2) is 41.2 Å². The fraction of sp³-hybridized carbons (Fsp3) is 0.476. The predicted octanol–water partition coefficient (Wildman–Crippen LogP) is 3.20. The topological polar surface area (TPSA) is 53.7 Å². The Bertz CT molecular complexity index is 983. The van der Waals surface area contributed by atoms with Crippen molar-refractivity contribution in [3.63, 3.8) is 0 Å². The molecule has 3 heterocycles. The van der Waals surface area contributed by atoms with Gasteiger partial charge < -0.3 is 4.90 Å². The lowest BCUT2D eigenvalue weighted by Gasteiger charge is -2.41. The van der Waals surface area contributed by atoms with Crippen LogP contribution in [0.2, 0.25) is 0 Å². The highest BCUT2D eigenvalue weighted by Crippen LogP contribution is 2.26. The van der Waals surface area contributed by atoms with Gasteiger partial charge in [0.25, 0.3) is 5.56 Å². The van der Waals surface area contributed by atoms with Crippen LogP contribution < -0.4 is 10.5 Å². The molecule has 0 aliphatic carbocycles. The molecule has 0 radical (unpaired) electrons. The van der Waals surface area contributed by atoms with Crippen LogP contribution in [0, 0.1) is 0 Å². The van der Waals surface area contributed by atoms with Gasteiger partial charge in [0.1, 0.15) is 0 Å². The van der Waals surface area contributed by atoms with Crippen LogP contribution in [0.5, 0.6) is 0 Å². The fourth-order valence-corrected chi connectivity index (χ4v) is 4.82. The summed E-state index contributed by atoms with van der Waals surface area (Å²) in [5.74, 6) is 0. The summed E-state index contributed by atoms with van der Waals surface area (Å²) in [4.78, 5) is 22.5. The van der Waals surface area contributed by atoms with Crippen molar-refractivity contribution in [2.75, 3.05) is 24.5 Å². The van der Waals surface area contributed by atoms with Crippen molar-refractivity contribution in [1.29, 1.82) is 0 Å². The summed E-state index contributed by atoms with van der Waals surface area (Å²) in [6.07, 6.45) is 3.08. The smallest absolute Gasteiger partial charge is 0.275 e. The zero-order valence-electron chi connectivity index (χ0n) is 16.5. The maximum Gasteiger partial charge on any atom is 0.275 e. The second kappa shape index (κ2) is 8.41. The second-order valence-corrected chi connectivity index (χ2v) is 8.30. The lowest BCUT2D eigenvalue weighted by atomic mass is 10.1. The van der Waals surface area contributed by atoms with Gasteiger partial charge >= 0.3 is 0 Å². The molecular formula is C21H27N5OS. The maximum absolute atomic E-state index is 12.3. The molecule has 0 spiro atoms. The standard InChI is InChI=1S/C21H27N5OS/c1-3-8-18-15-25(12-11-24(18)14-16-9-6-5-7-10-16)21-23-26-19(27)13-17(4-2)22-20(26)28-21/h5-7,9-10,13,18H,3-4,8,11-12,14-15H2,1-2H3. The van der Waals surface area contributed by atoms with Crippen LogP contribution in [0.4, 0.5) is 5.13 Å². The van der Waals surface area contributed by atoms with E-state index in [-0.39, 0.29) is 5.56 Å². The van der Waals surface area contributed by atoms with Gasteiger partial charge in [0.2, 0.25) is 10.1 Å². The molecular weight excluding hydrogens is 370 g/mol. The van der Waals surface area contributed by atoms with Gasteiger partial charge in [-0.15, -0.1) is 5.10 Å². The first-order chi connectivity index (χ1) is 13.7. The summed E-state index contributed by atoms with van der Waals surface area (Å²) in [5, 5.41) is 5.48. The molecule has 0 saturated carbocycles. The first-order valence-electron chi connectivity index (χ1n) is 10.1. The van der Waals surface area contributed by atoms with Gasteiger partial charge in [0.15, 0.2) is 0 Å². The van der Waals surface area contributed by atoms with Crippen molar-refractivity contribution in [3.05, 3.63) is 58.0 Å². The zero-order valence-corrected chi connectivity index (χ0v) is 17.4. The van der Waals surface area contributed by atoms with E-state index in [1.807, 2.05) is 6.92 Å². The summed E-state index contributed by atoms with van der Waals surface area (Å²) in [7, 11) is 0. The molecule has 148 valence electrons. The second-order valence-electron chi connectivity index (χ2n) is 7.36. The Hall–Kier alpha value is -2.25. The minimum atomic E-state index is -0.0860. The molecule has 1 fully saturated rings. The third-order valence-corrected chi connectivity index (χ3v) is 6.34. The number of aryl methyl sites for hydroxylation is 1. The Balaban J connectivity index is 1.54. The molecule has 1 atom stereocenters. The number of hydrogen-bond acceptors (Lipinski definition) is 6. The number of benzene rings is 1. The molecule has 2 aromatic heterocycles. The molecule has 4 rings (SSSR count). The summed E-state index contributed by atoms with van der Waals surface area (Å²) in [6.45, 7) is 8.10. The van der Waals surface area contributed by atoms with E-state index in [2.05, 4.69) is 57.1 Å². The van der Waals surface area contributed by atoms with Gasteiger partial charge in [0.05, 0.1) is 0 Å². The van der Waals surface area contributed by atoms with E-state index in [0.29, 0.717) is 11.0 Å². The van der Waals surface area contributed by atoms with E-state index >= 15 is 0 Å². The summed E-state index contributed by atoms with van der Waals surface area (Å²) in [5.41, 5.74) is 2.11. The average Bonchev–Trinajstić information content (AvgIpc) is 3.15. The Kier molecular flexibility index (Phi) is 5.73. The summed E-state index contributed by atoms with van der Waals surface area (Å²) in [6, 6.07) is 12.8. The Labute approximate surface area is 169 Å². The van der Waals surface area contributed by atoms with Crippen molar-refractivity contribution in [1.82, 2.24) is 19.5 Å². The molecule has 0 N–H and O–H groups in total. The first-order valence-corrected chi connectivity index (χ1v) is 10.9. The Morgan fingerprint density at radius 1 is 1.18 bits per heavy atom. The highest BCUT2D eigenvalue weighted by atomic mass is 32.1. The Morgan fingerprint density at radius 2 is 2.00 bits per heavy atom. The normalized spacial score (nSPS) is 18.1. The number of hydrogen-bond donors (Lipinski definition) is 0. The SMILES string of the molecule is CCCC1CN(c2nn3c(=O)cc(CC)nc3s2)CCN1Cc1ccccc1. The summed E-state index contributed by atoms with van der Waals surface area (Å²) >= 11 is 1.52. The lowest BCUT2D eigenvalue weighted by molar-refractivity contribution is 0.158. The van der Waals surface area contributed by atoms with Crippen molar-refractivity contribution < 1.29 is 0 Å². The lowest BCUT2D eigenvalue weighted by Crippen LogP contribution is -2.52.